The molecule has 9 nitrogen and oxygen atoms in total. The summed E-state index contributed by atoms with van der Waals surface area (Å²) in [6, 6.07) is 0.852. The van der Waals surface area contributed by atoms with Gasteiger partial charge in [0.1, 0.15) is 17.4 Å². The first-order chi connectivity index (χ1) is 14.1. The van der Waals surface area contributed by atoms with Crippen molar-refractivity contribution in [2.45, 2.75) is 69.9 Å². The Morgan fingerprint density at radius 1 is 1.27 bits per heavy atom. The molecule has 5 rings (SSSR count). The van der Waals surface area contributed by atoms with Crippen LogP contribution in [-0.4, -0.2) is 57.1 Å². The lowest BCUT2D eigenvalue weighted by Gasteiger charge is -2.34. The van der Waals surface area contributed by atoms with Crippen LogP contribution in [0.4, 0.5) is 5.82 Å². The number of fused-ring (bicyclic) bond motifs is 1. The van der Waals surface area contributed by atoms with Gasteiger partial charge in [-0.3, -0.25) is 14.4 Å². The minimum atomic E-state index is -1.12. The van der Waals surface area contributed by atoms with Gasteiger partial charge in [-0.1, -0.05) is 17.3 Å². The molecule has 1 aromatic heterocycles. The van der Waals surface area contributed by atoms with Crippen LogP contribution in [0.15, 0.2) is 22.7 Å². The minimum absolute atomic E-state index is 0.0196. The molecule has 2 N–H and O–H groups in total. The number of rotatable bonds is 4. The van der Waals surface area contributed by atoms with Crippen molar-refractivity contribution in [2.75, 3.05) is 5.32 Å². The van der Waals surface area contributed by atoms with E-state index in [0.29, 0.717) is 11.6 Å². The summed E-state index contributed by atoms with van der Waals surface area (Å²) in [5.74, 6) is -1.39. The molecular weight excluding hydrogens is 388 g/mol. The first-order valence-electron chi connectivity index (χ1n) is 10.4. The van der Waals surface area contributed by atoms with Crippen molar-refractivity contribution in [1.29, 1.82) is 0 Å². The molecule has 1 aromatic rings. The van der Waals surface area contributed by atoms with E-state index >= 15 is 0 Å². The Balaban J connectivity index is 1.48. The van der Waals surface area contributed by atoms with Crippen LogP contribution >= 0.6 is 0 Å². The van der Waals surface area contributed by atoms with Gasteiger partial charge >= 0.3 is 0 Å². The summed E-state index contributed by atoms with van der Waals surface area (Å²) in [6.07, 6.45) is 4.78. The summed E-state index contributed by atoms with van der Waals surface area (Å²) >= 11 is 0. The fourth-order valence-corrected chi connectivity index (χ4v) is 5.03. The maximum absolute atomic E-state index is 13.5. The average Bonchev–Trinajstić information content (AvgIpc) is 3.01. The van der Waals surface area contributed by atoms with Crippen LogP contribution in [-0.2, 0) is 19.1 Å². The van der Waals surface area contributed by atoms with Gasteiger partial charge in [0.2, 0.25) is 17.7 Å². The molecule has 5 atom stereocenters. The Bertz CT molecular complexity index is 959. The smallest absolute Gasteiger partial charge is 0.246 e. The second-order valence-corrected chi connectivity index (χ2v) is 9.73. The number of nitrogens with one attached hydrogen (secondary N) is 2. The fourth-order valence-electron chi connectivity index (χ4n) is 5.03. The summed E-state index contributed by atoms with van der Waals surface area (Å²) in [7, 11) is 0. The number of ether oxygens (including phenoxy) is 1. The Hall–Kier alpha value is -2.68. The van der Waals surface area contributed by atoms with Gasteiger partial charge in [0.25, 0.3) is 0 Å². The first-order valence-corrected chi connectivity index (χ1v) is 10.4. The Morgan fingerprint density at radius 3 is 2.60 bits per heavy atom. The van der Waals surface area contributed by atoms with E-state index in [2.05, 4.69) is 15.8 Å². The van der Waals surface area contributed by atoms with Gasteiger partial charge < -0.3 is 24.8 Å². The Kier molecular flexibility index (Phi) is 3.96. The Morgan fingerprint density at radius 2 is 2.00 bits per heavy atom. The van der Waals surface area contributed by atoms with Crippen molar-refractivity contribution in [2.24, 2.45) is 11.8 Å². The van der Waals surface area contributed by atoms with Crippen LogP contribution < -0.4 is 10.6 Å². The van der Waals surface area contributed by atoms with Crippen LogP contribution in [0, 0.1) is 18.8 Å². The van der Waals surface area contributed by atoms with Crippen LogP contribution in [0.1, 0.15) is 39.4 Å². The third-order valence-electron chi connectivity index (χ3n) is 6.18. The van der Waals surface area contributed by atoms with E-state index in [1.165, 1.54) is 0 Å². The molecule has 3 fully saturated rings. The van der Waals surface area contributed by atoms with Gasteiger partial charge in [0.15, 0.2) is 5.82 Å². The third kappa shape index (κ3) is 2.79. The molecule has 4 aliphatic rings. The van der Waals surface area contributed by atoms with Gasteiger partial charge in [-0.05, 0) is 40.5 Å². The number of amides is 3. The lowest BCUT2D eigenvalue weighted by Crippen LogP contribution is -2.58. The molecule has 1 aliphatic carbocycles. The molecule has 9 heteroatoms. The predicted molar refractivity (Wildman–Crippen MR) is 105 cm³/mol. The second-order valence-electron chi connectivity index (χ2n) is 9.73. The third-order valence-corrected chi connectivity index (χ3v) is 6.18. The molecule has 30 heavy (non-hydrogen) atoms. The maximum Gasteiger partial charge on any atom is 0.246 e. The van der Waals surface area contributed by atoms with Crippen molar-refractivity contribution in [3.63, 3.8) is 0 Å². The molecule has 0 unspecified atom stereocenters. The minimum Gasteiger partial charge on any atom is -0.360 e. The largest absolute Gasteiger partial charge is 0.360 e. The lowest BCUT2D eigenvalue weighted by atomic mass is 9.74. The molecule has 0 radical (unpaired) electrons. The van der Waals surface area contributed by atoms with Crippen LogP contribution in [0.3, 0.4) is 0 Å². The summed E-state index contributed by atoms with van der Waals surface area (Å²) in [5.41, 5.74) is -1.58. The van der Waals surface area contributed by atoms with Crippen LogP contribution in [0.2, 0.25) is 0 Å². The monoisotopic (exact) mass is 414 g/mol. The molecule has 160 valence electrons. The standard InChI is InChI=1S/C21H26N4O5/c1-10-9-13(24-30-10)22-17(26)14-12-7-8-21(29-12)15(14)19(28)25(11-5-6-11)16(21)18(27)23-20(2,3)4/h7-9,11-12,14-16H,5-6H2,1-4H3,(H,23,27)(H,22,24,26)/t12-,14-,15+,16+,21-/m1/s1. The molecule has 3 aliphatic heterocycles. The van der Waals surface area contributed by atoms with Crippen molar-refractivity contribution >= 4 is 23.5 Å². The summed E-state index contributed by atoms with van der Waals surface area (Å²) in [5, 5.41) is 9.54. The van der Waals surface area contributed by atoms with Crippen molar-refractivity contribution in [3.05, 3.63) is 24.0 Å². The number of hydrogen-bond donors (Lipinski definition) is 2. The number of carbonyl (C=O) groups is 3. The van der Waals surface area contributed by atoms with E-state index in [-0.39, 0.29) is 23.8 Å². The van der Waals surface area contributed by atoms with Gasteiger partial charge in [0, 0.05) is 17.6 Å². The van der Waals surface area contributed by atoms with E-state index in [1.54, 1.807) is 24.0 Å². The zero-order valence-electron chi connectivity index (χ0n) is 17.5. The maximum atomic E-state index is 13.5. The normalized spacial score (nSPS) is 34.4. The molecule has 2 saturated heterocycles. The number of carbonyl (C=O) groups excluding carboxylic acids is 3. The topological polar surface area (TPSA) is 114 Å². The van der Waals surface area contributed by atoms with Crippen molar-refractivity contribution < 1.29 is 23.6 Å². The highest BCUT2D eigenvalue weighted by Gasteiger charge is 2.74. The number of anilines is 1. The number of nitrogens with zero attached hydrogens (tertiary/aromatic N) is 2. The molecule has 4 heterocycles. The zero-order chi connectivity index (χ0) is 21.4. The van der Waals surface area contributed by atoms with Gasteiger partial charge in [-0.15, -0.1) is 0 Å². The van der Waals surface area contributed by atoms with E-state index < -0.39 is 35.1 Å². The highest BCUT2D eigenvalue weighted by atomic mass is 16.5. The molecule has 1 spiro atoms. The quantitative estimate of drug-likeness (QED) is 0.715. The van der Waals surface area contributed by atoms with E-state index in [0.717, 1.165) is 12.8 Å². The lowest BCUT2D eigenvalue weighted by molar-refractivity contribution is -0.142. The van der Waals surface area contributed by atoms with Gasteiger partial charge in [-0.25, -0.2) is 0 Å². The van der Waals surface area contributed by atoms with Crippen LogP contribution in [0.5, 0.6) is 0 Å². The molecular formula is C21H26N4O5. The summed E-state index contributed by atoms with van der Waals surface area (Å²) < 4.78 is 11.3. The SMILES string of the molecule is Cc1cc(NC(=O)[C@H]2[C@H]3C(=O)N(C4CC4)[C@@H](C(=O)NC(C)(C)C)[C@@]34C=C[C@H]2O4)no1. The van der Waals surface area contributed by atoms with Crippen molar-refractivity contribution in [1.82, 2.24) is 15.4 Å². The number of aryl methyl sites for hydroxylation is 1. The molecule has 1 saturated carbocycles. The highest BCUT2D eigenvalue weighted by Crippen LogP contribution is 2.57. The summed E-state index contributed by atoms with van der Waals surface area (Å²) in [6.45, 7) is 7.43. The highest BCUT2D eigenvalue weighted by molar-refractivity contribution is 6.02. The van der Waals surface area contributed by atoms with E-state index in [4.69, 9.17) is 9.26 Å². The Labute approximate surface area is 174 Å². The van der Waals surface area contributed by atoms with Crippen molar-refractivity contribution in [3.8, 4) is 0 Å². The fraction of sp³-hybridized carbons (Fsp3) is 0.619. The number of likely N-dealkylation sites (tertiary alicyclic amines) is 1. The van der Waals surface area contributed by atoms with E-state index in [1.807, 2.05) is 26.8 Å². The number of hydrogen-bond acceptors (Lipinski definition) is 6. The zero-order valence-corrected chi connectivity index (χ0v) is 17.5. The number of aromatic nitrogens is 1. The average molecular weight is 414 g/mol. The first kappa shape index (κ1) is 19.3. The second kappa shape index (κ2) is 6.16. The molecule has 2 bridgehead atoms. The van der Waals surface area contributed by atoms with Crippen LogP contribution in [0.25, 0.3) is 0 Å². The molecule has 3 amide bonds. The predicted octanol–water partition coefficient (Wildman–Crippen LogP) is 1.15. The van der Waals surface area contributed by atoms with Gasteiger partial charge in [-0.2, -0.15) is 0 Å². The molecule has 0 aromatic carbocycles. The summed E-state index contributed by atoms with van der Waals surface area (Å²) in [4.78, 5) is 41.6. The van der Waals surface area contributed by atoms with E-state index in [9.17, 15) is 14.4 Å². The van der Waals surface area contributed by atoms with Gasteiger partial charge in [0.05, 0.1) is 17.9 Å².